The molecular formula is C26H33N7O. The third-order valence-corrected chi connectivity index (χ3v) is 6.31. The van der Waals surface area contributed by atoms with Crippen LogP contribution in [-0.4, -0.2) is 59.5 Å². The van der Waals surface area contributed by atoms with Gasteiger partial charge >= 0.3 is 0 Å². The molecule has 0 unspecified atom stereocenters. The van der Waals surface area contributed by atoms with E-state index in [1.54, 1.807) is 4.90 Å². The predicted molar refractivity (Wildman–Crippen MR) is 136 cm³/mol. The summed E-state index contributed by atoms with van der Waals surface area (Å²) in [7, 11) is 3.79. The SMILES string of the molecule is CCN(C)C(=O)c1ccc(CNc2nc(N(C)CC)nc(N3CCc4ccccc4C3)n2)cc1. The maximum absolute atomic E-state index is 12.3. The highest BCUT2D eigenvalue weighted by molar-refractivity contribution is 5.94. The van der Waals surface area contributed by atoms with Crippen molar-refractivity contribution in [3.8, 4) is 0 Å². The average molecular weight is 460 g/mol. The fourth-order valence-corrected chi connectivity index (χ4v) is 3.86. The molecule has 1 amide bonds. The van der Waals surface area contributed by atoms with E-state index in [-0.39, 0.29) is 5.91 Å². The fraction of sp³-hybridized carbons (Fsp3) is 0.385. The molecular weight excluding hydrogens is 426 g/mol. The monoisotopic (exact) mass is 459 g/mol. The lowest BCUT2D eigenvalue weighted by atomic mass is 10.0. The molecule has 0 bridgehead atoms. The van der Waals surface area contributed by atoms with Crippen molar-refractivity contribution in [1.82, 2.24) is 19.9 Å². The lowest BCUT2D eigenvalue weighted by Crippen LogP contribution is -2.33. The van der Waals surface area contributed by atoms with Crippen LogP contribution in [0.2, 0.25) is 0 Å². The summed E-state index contributed by atoms with van der Waals surface area (Å²) in [6, 6.07) is 16.2. The number of amides is 1. The molecule has 0 saturated heterocycles. The number of hydrogen-bond donors (Lipinski definition) is 1. The Morgan fingerprint density at radius 1 is 0.971 bits per heavy atom. The second-order valence-electron chi connectivity index (χ2n) is 8.58. The predicted octanol–water partition coefficient (Wildman–Crippen LogP) is 3.59. The molecule has 8 heteroatoms. The van der Waals surface area contributed by atoms with Crippen molar-refractivity contribution >= 4 is 23.8 Å². The second kappa shape index (κ2) is 10.5. The highest BCUT2D eigenvalue weighted by atomic mass is 16.2. The van der Waals surface area contributed by atoms with E-state index in [0.717, 1.165) is 31.6 Å². The molecule has 2 heterocycles. The Morgan fingerprint density at radius 3 is 2.41 bits per heavy atom. The number of anilines is 3. The summed E-state index contributed by atoms with van der Waals surface area (Å²) in [4.78, 5) is 32.4. The van der Waals surface area contributed by atoms with Gasteiger partial charge in [-0.2, -0.15) is 15.0 Å². The van der Waals surface area contributed by atoms with Crippen LogP contribution in [0.15, 0.2) is 48.5 Å². The summed E-state index contributed by atoms with van der Waals surface area (Å²) in [5.41, 5.74) is 4.45. The van der Waals surface area contributed by atoms with Crippen molar-refractivity contribution in [3.05, 3.63) is 70.8 Å². The number of benzene rings is 2. The Kier molecular flexibility index (Phi) is 7.25. The van der Waals surface area contributed by atoms with Crippen molar-refractivity contribution < 1.29 is 4.79 Å². The third-order valence-electron chi connectivity index (χ3n) is 6.31. The summed E-state index contributed by atoms with van der Waals surface area (Å²) >= 11 is 0. The van der Waals surface area contributed by atoms with E-state index in [1.807, 2.05) is 50.2 Å². The molecule has 3 aromatic rings. The Bertz CT molecular complexity index is 1130. The van der Waals surface area contributed by atoms with E-state index in [1.165, 1.54) is 11.1 Å². The number of rotatable bonds is 8. The van der Waals surface area contributed by atoms with Gasteiger partial charge in [0.1, 0.15) is 0 Å². The minimum atomic E-state index is 0.0273. The molecule has 1 aliphatic heterocycles. The zero-order valence-corrected chi connectivity index (χ0v) is 20.5. The average Bonchev–Trinajstić information content (AvgIpc) is 2.90. The van der Waals surface area contributed by atoms with Gasteiger partial charge in [-0.25, -0.2) is 0 Å². The zero-order chi connectivity index (χ0) is 24.1. The molecule has 0 spiro atoms. The van der Waals surface area contributed by atoms with Gasteiger partial charge in [-0.05, 0) is 49.1 Å². The van der Waals surface area contributed by atoms with Crippen molar-refractivity contribution in [2.24, 2.45) is 0 Å². The van der Waals surface area contributed by atoms with E-state index < -0.39 is 0 Å². The van der Waals surface area contributed by atoms with Gasteiger partial charge in [0.2, 0.25) is 17.8 Å². The first-order chi connectivity index (χ1) is 16.5. The molecule has 1 aromatic heterocycles. The standard InChI is InChI=1S/C26H33N7O/c1-5-31(3)23(34)21-13-11-19(12-14-21)17-27-24-28-25(32(4)6-2)30-26(29-24)33-16-15-20-9-7-8-10-22(20)18-33/h7-14H,5-6,15-18H2,1-4H3,(H,27,28,29,30). The molecule has 0 aliphatic carbocycles. The molecule has 2 aromatic carbocycles. The fourth-order valence-electron chi connectivity index (χ4n) is 3.86. The maximum Gasteiger partial charge on any atom is 0.253 e. The minimum Gasteiger partial charge on any atom is -0.350 e. The maximum atomic E-state index is 12.3. The number of carbonyl (C=O) groups is 1. The summed E-state index contributed by atoms with van der Waals surface area (Å²) in [6.45, 7) is 7.74. The van der Waals surface area contributed by atoms with Crippen molar-refractivity contribution in [3.63, 3.8) is 0 Å². The van der Waals surface area contributed by atoms with Crippen LogP contribution >= 0.6 is 0 Å². The molecule has 8 nitrogen and oxygen atoms in total. The molecule has 0 fully saturated rings. The van der Waals surface area contributed by atoms with E-state index in [0.29, 0.717) is 36.5 Å². The molecule has 1 aliphatic rings. The quantitative estimate of drug-likeness (QED) is 0.552. The Morgan fingerprint density at radius 2 is 1.71 bits per heavy atom. The lowest BCUT2D eigenvalue weighted by molar-refractivity contribution is 0.0802. The van der Waals surface area contributed by atoms with Gasteiger partial charge in [-0.3, -0.25) is 4.79 Å². The van der Waals surface area contributed by atoms with Crippen LogP contribution < -0.4 is 15.1 Å². The highest BCUT2D eigenvalue weighted by Gasteiger charge is 2.20. The van der Waals surface area contributed by atoms with Gasteiger partial charge in [0.15, 0.2) is 0 Å². The molecule has 0 atom stereocenters. The highest BCUT2D eigenvalue weighted by Crippen LogP contribution is 2.24. The van der Waals surface area contributed by atoms with E-state index in [4.69, 9.17) is 9.97 Å². The molecule has 0 saturated carbocycles. The number of carbonyl (C=O) groups excluding carboxylic acids is 1. The van der Waals surface area contributed by atoms with Gasteiger partial charge in [0.25, 0.3) is 5.91 Å². The molecule has 34 heavy (non-hydrogen) atoms. The van der Waals surface area contributed by atoms with Gasteiger partial charge < -0.3 is 20.0 Å². The van der Waals surface area contributed by atoms with E-state index in [9.17, 15) is 4.79 Å². The van der Waals surface area contributed by atoms with Crippen molar-refractivity contribution in [2.75, 3.05) is 48.8 Å². The largest absolute Gasteiger partial charge is 0.350 e. The number of hydrogen-bond acceptors (Lipinski definition) is 7. The van der Waals surface area contributed by atoms with E-state index in [2.05, 4.69) is 46.4 Å². The van der Waals surface area contributed by atoms with E-state index >= 15 is 0 Å². The number of nitrogens with zero attached hydrogens (tertiary/aromatic N) is 6. The number of fused-ring (bicyclic) bond motifs is 1. The van der Waals surface area contributed by atoms with Gasteiger partial charge in [-0.1, -0.05) is 36.4 Å². The molecule has 1 N–H and O–H groups in total. The number of nitrogens with one attached hydrogen (secondary N) is 1. The smallest absolute Gasteiger partial charge is 0.253 e. The Labute approximate surface area is 201 Å². The summed E-state index contributed by atoms with van der Waals surface area (Å²) < 4.78 is 0. The van der Waals surface area contributed by atoms with Crippen molar-refractivity contribution in [1.29, 1.82) is 0 Å². The van der Waals surface area contributed by atoms with Gasteiger partial charge in [0.05, 0.1) is 0 Å². The van der Waals surface area contributed by atoms with Crippen LogP contribution in [0.25, 0.3) is 0 Å². The second-order valence-corrected chi connectivity index (χ2v) is 8.58. The lowest BCUT2D eigenvalue weighted by Gasteiger charge is -2.29. The normalized spacial score (nSPS) is 12.8. The van der Waals surface area contributed by atoms with Gasteiger partial charge in [0, 0.05) is 52.4 Å². The van der Waals surface area contributed by atoms with Crippen LogP contribution in [0, 0.1) is 0 Å². The third kappa shape index (κ3) is 5.27. The van der Waals surface area contributed by atoms with Gasteiger partial charge in [-0.15, -0.1) is 0 Å². The Balaban J connectivity index is 1.51. The van der Waals surface area contributed by atoms with Crippen LogP contribution in [0.5, 0.6) is 0 Å². The first-order valence-electron chi connectivity index (χ1n) is 11.9. The zero-order valence-electron chi connectivity index (χ0n) is 20.5. The summed E-state index contributed by atoms with van der Waals surface area (Å²) in [5.74, 6) is 1.91. The molecule has 178 valence electrons. The van der Waals surface area contributed by atoms with Crippen LogP contribution in [0.4, 0.5) is 17.8 Å². The van der Waals surface area contributed by atoms with Crippen LogP contribution in [-0.2, 0) is 19.5 Å². The Hall–Kier alpha value is -3.68. The first-order valence-corrected chi connectivity index (χ1v) is 11.9. The summed E-state index contributed by atoms with van der Waals surface area (Å²) in [6.07, 6.45) is 0.974. The topological polar surface area (TPSA) is 77.5 Å². The van der Waals surface area contributed by atoms with Crippen LogP contribution in [0.1, 0.15) is 40.9 Å². The molecule has 0 radical (unpaired) electrons. The molecule has 4 rings (SSSR count). The van der Waals surface area contributed by atoms with Crippen LogP contribution in [0.3, 0.4) is 0 Å². The van der Waals surface area contributed by atoms with Crippen molar-refractivity contribution in [2.45, 2.75) is 33.4 Å². The number of aromatic nitrogens is 3. The summed E-state index contributed by atoms with van der Waals surface area (Å²) in [5, 5.41) is 3.35. The minimum absolute atomic E-state index is 0.0273. The first kappa shape index (κ1) is 23.5.